The van der Waals surface area contributed by atoms with Crippen molar-refractivity contribution in [3.63, 3.8) is 0 Å². The van der Waals surface area contributed by atoms with Crippen LogP contribution in [0, 0.1) is 0 Å². The predicted octanol–water partition coefficient (Wildman–Crippen LogP) is 2.31. The van der Waals surface area contributed by atoms with Crippen molar-refractivity contribution in [3.05, 3.63) is 41.5 Å². The molecule has 0 saturated carbocycles. The summed E-state index contributed by atoms with van der Waals surface area (Å²) in [4.78, 5) is 33.1. The van der Waals surface area contributed by atoms with Gasteiger partial charge in [0.05, 0.1) is 11.7 Å². The Kier molecular flexibility index (Phi) is 5.65. The number of allylic oxidation sites excluding steroid dienone is 1. The quantitative estimate of drug-likeness (QED) is 0.490. The maximum atomic E-state index is 11.6. The van der Waals surface area contributed by atoms with Crippen LogP contribution in [0.2, 0.25) is 0 Å². The summed E-state index contributed by atoms with van der Waals surface area (Å²) in [6.07, 6.45) is 1.99. The molecule has 0 spiro atoms. The van der Waals surface area contributed by atoms with Crippen molar-refractivity contribution in [1.29, 1.82) is 0 Å². The number of aliphatic carboxylic acids is 1. The van der Waals surface area contributed by atoms with Crippen LogP contribution >= 0.6 is 0 Å². The summed E-state index contributed by atoms with van der Waals surface area (Å²) in [6, 6.07) is 6.49. The number of esters is 1. The fourth-order valence-electron chi connectivity index (χ4n) is 1.41. The van der Waals surface area contributed by atoms with Crippen LogP contribution in [-0.2, 0) is 14.3 Å². The molecule has 1 aromatic rings. The zero-order valence-electron chi connectivity index (χ0n) is 11.3. The highest BCUT2D eigenvalue weighted by Crippen LogP contribution is 2.09. The van der Waals surface area contributed by atoms with Gasteiger partial charge in [0.15, 0.2) is 5.78 Å². The summed E-state index contributed by atoms with van der Waals surface area (Å²) in [7, 11) is 0. The van der Waals surface area contributed by atoms with Gasteiger partial charge in [-0.25, -0.2) is 4.79 Å². The molecule has 1 N–H and O–H groups in total. The van der Waals surface area contributed by atoms with Gasteiger partial charge in [-0.05, 0) is 37.6 Å². The lowest BCUT2D eigenvalue weighted by atomic mass is 10.1. The first kappa shape index (κ1) is 15.6. The standard InChI is InChI=1S/C15H16O5/c1-10(2)20-15(19)12-6-3-11(4-7-12)5-8-13(16)9-14(17)18/h3-8,10H,9H2,1-2H3,(H,17,18). The molecule has 0 aromatic heterocycles. The van der Waals surface area contributed by atoms with E-state index in [1.165, 1.54) is 12.2 Å². The number of ether oxygens (including phenoxy) is 1. The molecular weight excluding hydrogens is 260 g/mol. The highest BCUT2D eigenvalue weighted by Gasteiger charge is 2.08. The smallest absolute Gasteiger partial charge is 0.338 e. The monoisotopic (exact) mass is 276 g/mol. The number of hydrogen-bond acceptors (Lipinski definition) is 4. The van der Waals surface area contributed by atoms with Gasteiger partial charge in [0, 0.05) is 0 Å². The van der Waals surface area contributed by atoms with Gasteiger partial charge in [-0.2, -0.15) is 0 Å². The first-order valence-electron chi connectivity index (χ1n) is 6.12. The van der Waals surface area contributed by atoms with Gasteiger partial charge in [-0.15, -0.1) is 0 Å². The molecule has 5 heteroatoms. The van der Waals surface area contributed by atoms with E-state index < -0.39 is 24.1 Å². The summed E-state index contributed by atoms with van der Waals surface area (Å²) < 4.78 is 5.04. The molecule has 1 rings (SSSR count). The minimum atomic E-state index is -1.16. The van der Waals surface area contributed by atoms with Crippen LogP contribution in [0.1, 0.15) is 36.2 Å². The van der Waals surface area contributed by atoms with Gasteiger partial charge >= 0.3 is 11.9 Å². The molecule has 0 amide bonds. The molecule has 0 atom stereocenters. The van der Waals surface area contributed by atoms with E-state index in [2.05, 4.69) is 0 Å². The minimum absolute atomic E-state index is 0.185. The molecule has 5 nitrogen and oxygen atoms in total. The van der Waals surface area contributed by atoms with Crippen LogP contribution in [0.5, 0.6) is 0 Å². The van der Waals surface area contributed by atoms with E-state index in [0.717, 1.165) is 0 Å². The van der Waals surface area contributed by atoms with E-state index in [1.54, 1.807) is 38.1 Å². The van der Waals surface area contributed by atoms with Gasteiger partial charge in [-0.3, -0.25) is 9.59 Å². The van der Waals surface area contributed by atoms with Gasteiger partial charge in [0.1, 0.15) is 6.42 Å². The lowest BCUT2D eigenvalue weighted by Gasteiger charge is -2.07. The van der Waals surface area contributed by atoms with E-state index in [4.69, 9.17) is 9.84 Å². The zero-order chi connectivity index (χ0) is 15.1. The van der Waals surface area contributed by atoms with Crippen LogP contribution in [-0.4, -0.2) is 28.9 Å². The van der Waals surface area contributed by atoms with E-state index in [-0.39, 0.29) is 6.10 Å². The maximum absolute atomic E-state index is 11.6. The van der Waals surface area contributed by atoms with Crippen molar-refractivity contribution in [2.75, 3.05) is 0 Å². The molecular formula is C15H16O5. The van der Waals surface area contributed by atoms with E-state index >= 15 is 0 Å². The van der Waals surface area contributed by atoms with Crippen LogP contribution in [0.15, 0.2) is 30.3 Å². The maximum Gasteiger partial charge on any atom is 0.338 e. The van der Waals surface area contributed by atoms with E-state index in [1.807, 2.05) is 0 Å². The average Bonchev–Trinajstić information content (AvgIpc) is 2.35. The van der Waals surface area contributed by atoms with Gasteiger partial charge in [-0.1, -0.05) is 18.2 Å². The Balaban J connectivity index is 2.67. The molecule has 106 valence electrons. The molecule has 0 aliphatic carbocycles. The van der Waals surface area contributed by atoms with Crippen molar-refractivity contribution in [1.82, 2.24) is 0 Å². The topological polar surface area (TPSA) is 80.7 Å². The minimum Gasteiger partial charge on any atom is -0.481 e. The third-order valence-corrected chi connectivity index (χ3v) is 2.28. The normalized spacial score (nSPS) is 10.8. The molecule has 0 radical (unpaired) electrons. The molecule has 20 heavy (non-hydrogen) atoms. The number of carboxylic acid groups (broad SMARTS) is 1. The fourth-order valence-corrected chi connectivity index (χ4v) is 1.41. The van der Waals surface area contributed by atoms with Crippen LogP contribution in [0.25, 0.3) is 6.08 Å². The van der Waals surface area contributed by atoms with E-state index in [0.29, 0.717) is 11.1 Å². The largest absolute Gasteiger partial charge is 0.481 e. The molecule has 0 saturated heterocycles. The van der Waals surface area contributed by atoms with Gasteiger partial charge < -0.3 is 9.84 Å². The first-order valence-corrected chi connectivity index (χ1v) is 6.12. The molecule has 0 aliphatic heterocycles. The second-order valence-electron chi connectivity index (χ2n) is 4.45. The lowest BCUT2D eigenvalue weighted by Crippen LogP contribution is -2.11. The Bertz CT molecular complexity index is 526. The summed E-state index contributed by atoms with van der Waals surface area (Å²) in [5.41, 5.74) is 1.12. The summed E-state index contributed by atoms with van der Waals surface area (Å²) in [5, 5.41) is 8.44. The predicted molar refractivity (Wildman–Crippen MR) is 73.3 cm³/mol. The van der Waals surface area contributed by atoms with Crippen LogP contribution < -0.4 is 0 Å². The number of carbonyl (C=O) groups excluding carboxylic acids is 2. The fraction of sp³-hybridized carbons (Fsp3) is 0.267. The zero-order valence-corrected chi connectivity index (χ0v) is 11.3. The third-order valence-electron chi connectivity index (χ3n) is 2.28. The van der Waals surface area contributed by atoms with Crippen molar-refractivity contribution >= 4 is 23.8 Å². The number of carbonyl (C=O) groups is 3. The number of benzene rings is 1. The Labute approximate surface area is 116 Å². The van der Waals surface area contributed by atoms with E-state index in [9.17, 15) is 14.4 Å². The highest BCUT2D eigenvalue weighted by molar-refractivity contribution is 6.03. The molecule has 1 aromatic carbocycles. The van der Waals surface area contributed by atoms with Crippen molar-refractivity contribution in [3.8, 4) is 0 Å². The summed E-state index contributed by atoms with van der Waals surface area (Å²) in [6.45, 7) is 3.53. The summed E-state index contributed by atoms with van der Waals surface area (Å²) >= 11 is 0. The van der Waals surface area contributed by atoms with Crippen molar-refractivity contribution in [2.45, 2.75) is 26.4 Å². The van der Waals surface area contributed by atoms with Gasteiger partial charge in [0.2, 0.25) is 0 Å². The molecule has 0 aliphatic rings. The van der Waals surface area contributed by atoms with Crippen LogP contribution in [0.4, 0.5) is 0 Å². The average molecular weight is 276 g/mol. The highest BCUT2D eigenvalue weighted by atomic mass is 16.5. The van der Waals surface area contributed by atoms with Crippen molar-refractivity contribution < 1.29 is 24.2 Å². The number of ketones is 1. The number of hydrogen-bond donors (Lipinski definition) is 1. The number of carboxylic acids is 1. The van der Waals surface area contributed by atoms with Gasteiger partial charge in [0.25, 0.3) is 0 Å². The molecule has 0 heterocycles. The Hall–Kier alpha value is -2.43. The Morgan fingerprint density at radius 1 is 1.20 bits per heavy atom. The summed E-state index contributed by atoms with van der Waals surface area (Å²) in [5.74, 6) is -2.05. The lowest BCUT2D eigenvalue weighted by molar-refractivity contribution is -0.139. The SMILES string of the molecule is CC(C)OC(=O)c1ccc(C=CC(=O)CC(=O)O)cc1. The Morgan fingerprint density at radius 3 is 2.30 bits per heavy atom. The molecule has 0 fully saturated rings. The van der Waals surface area contributed by atoms with Crippen molar-refractivity contribution in [2.24, 2.45) is 0 Å². The molecule has 0 unspecified atom stereocenters. The molecule has 0 bridgehead atoms. The first-order chi connectivity index (χ1) is 9.38. The van der Waals surface area contributed by atoms with Crippen LogP contribution in [0.3, 0.4) is 0 Å². The number of rotatable bonds is 6. The third kappa shape index (κ3) is 5.48. The second-order valence-corrected chi connectivity index (χ2v) is 4.45. The second kappa shape index (κ2) is 7.23. The Morgan fingerprint density at radius 2 is 1.80 bits per heavy atom.